The predicted molar refractivity (Wildman–Crippen MR) is 67.8 cm³/mol. The number of benzene rings is 1. The second-order valence-corrected chi connectivity index (χ2v) is 4.84. The van der Waals surface area contributed by atoms with Crippen LogP contribution >= 0.6 is 11.3 Å². The van der Waals surface area contributed by atoms with Gasteiger partial charge in [0.2, 0.25) is 5.13 Å². The van der Waals surface area contributed by atoms with Crippen LogP contribution in [0, 0.1) is 12.7 Å². The number of halogens is 1. The van der Waals surface area contributed by atoms with Gasteiger partial charge in [-0.25, -0.2) is 4.39 Å². The molecule has 1 aromatic carbocycles. The van der Waals surface area contributed by atoms with Gasteiger partial charge in [-0.05, 0) is 36.6 Å². The number of aromatic nitrogens is 2. The maximum absolute atomic E-state index is 13.1. The van der Waals surface area contributed by atoms with Crippen LogP contribution in [-0.2, 0) is 13.0 Å². The lowest BCUT2D eigenvalue weighted by Gasteiger charge is -2.06. The molecule has 0 spiro atoms. The Kier molecular flexibility index (Phi) is 3.68. The monoisotopic (exact) mass is 251 g/mol. The number of nitrogens with one attached hydrogen (secondary N) is 1. The van der Waals surface area contributed by atoms with Crippen LogP contribution in [0.1, 0.15) is 23.1 Å². The molecule has 0 radical (unpaired) electrons. The molecule has 1 aromatic heterocycles. The zero-order chi connectivity index (χ0) is 12.3. The molecule has 3 nitrogen and oxygen atoms in total. The molecule has 1 heterocycles. The number of aryl methyl sites for hydroxylation is 2. The van der Waals surface area contributed by atoms with E-state index in [0.29, 0.717) is 6.54 Å². The molecular weight excluding hydrogens is 237 g/mol. The van der Waals surface area contributed by atoms with Gasteiger partial charge in [-0.1, -0.05) is 24.3 Å². The second-order valence-electron chi connectivity index (χ2n) is 3.78. The molecule has 0 aliphatic carbocycles. The molecule has 1 N–H and O–H groups in total. The summed E-state index contributed by atoms with van der Waals surface area (Å²) in [6.07, 6.45) is 0.887. The van der Waals surface area contributed by atoms with Crippen molar-refractivity contribution in [2.75, 3.05) is 5.32 Å². The van der Waals surface area contributed by atoms with Crippen LogP contribution in [0.5, 0.6) is 0 Å². The molecular formula is C12H14FN3S. The second kappa shape index (κ2) is 5.23. The number of rotatable bonds is 4. The van der Waals surface area contributed by atoms with E-state index in [1.54, 1.807) is 12.1 Å². The van der Waals surface area contributed by atoms with Gasteiger partial charge in [0.05, 0.1) is 0 Å². The number of nitrogens with zero attached hydrogens (tertiary/aromatic N) is 2. The van der Waals surface area contributed by atoms with E-state index < -0.39 is 0 Å². The van der Waals surface area contributed by atoms with Crippen molar-refractivity contribution in [3.05, 3.63) is 40.2 Å². The average molecular weight is 251 g/mol. The van der Waals surface area contributed by atoms with Gasteiger partial charge in [0.1, 0.15) is 10.8 Å². The zero-order valence-corrected chi connectivity index (χ0v) is 10.6. The Morgan fingerprint density at radius 1 is 1.35 bits per heavy atom. The highest BCUT2D eigenvalue weighted by atomic mass is 32.1. The molecule has 0 atom stereocenters. The maximum atomic E-state index is 13.1. The molecule has 17 heavy (non-hydrogen) atoms. The Balaban J connectivity index is 2.04. The highest BCUT2D eigenvalue weighted by molar-refractivity contribution is 7.15. The third kappa shape index (κ3) is 3.00. The summed E-state index contributed by atoms with van der Waals surface area (Å²) in [6.45, 7) is 4.58. The van der Waals surface area contributed by atoms with Crippen LogP contribution in [-0.4, -0.2) is 10.2 Å². The van der Waals surface area contributed by atoms with Crippen molar-refractivity contribution < 1.29 is 4.39 Å². The van der Waals surface area contributed by atoms with Crippen LogP contribution in [0.2, 0.25) is 0 Å². The smallest absolute Gasteiger partial charge is 0.205 e. The summed E-state index contributed by atoms with van der Waals surface area (Å²) >= 11 is 1.54. The van der Waals surface area contributed by atoms with Crippen LogP contribution in [0.4, 0.5) is 9.52 Å². The van der Waals surface area contributed by atoms with Crippen molar-refractivity contribution in [3.8, 4) is 0 Å². The van der Waals surface area contributed by atoms with E-state index in [1.165, 1.54) is 17.4 Å². The molecule has 0 bridgehead atoms. The summed E-state index contributed by atoms with van der Waals surface area (Å²) in [4.78, 5) is 0. The Morgan fingerprint density at radius 3 is 2.88 bits per heavy atom. The van der Waals surface area contributed by atoms with E-state index in [-0.39, 0.29) is 5.82 Å². The summed E-state index contributed by atoms with van der Waals surface area (Å²) in [5, 5.41) is 13.0. The van der Waals surface area contributed by atoms with E-state index in [0.717, 1.165) is 27.7 Å². The highest BCUT2D eigenvalue weighted by Crippen LogP contribution is 2.17. The molecule has 0 saturated heterocycles. The summed E-state index contributed by atoms with van der Waals surface area (Å²) in [6, 6.07) is 4.80. The van der Waals surface area contributed by atoms with Gasteiger partial charge in [0.15, 0.2) is 0 Å². The van der Waals surface area contributed by atoms with Gasteiger partial charge < -0.3 is 5.32 Å². The summed E-state index contributed by atoms with van der Waals surface area (Å²) in [5.74, 6) is -0.209. The SMILES string of the molecule is CCc1nnc(NCc2cc(F)ccc2C)s1. The van der Waals surface area contributed by atoms with Crippen molar-refractivity contribution in [3.63, 3.8) is 0 Å². The quantitative estimate of drug-likeness (QED) is 0.907. The van der Waals surface area contributed by atoms with E-state index in [1.807, 2.05) is 13.8 Å². The van der Waals surface area contributed by atoms with Gasteiger partial charge in [0.25, 0.3) is 0 Å². The summed E-state index contributed by atoms with van der Waals surface area (Å²) in [5.41, 5.74) is 2.01. The Bertz CT molecular complexity index is 510. The minimum Gasteiger partial charge on any atom is -0.356 e. The fraction of sp³-hybridized carbons (Fsp3) is 0.333. The molecule has 0 amide bonds. The lowest BCUT2D eigenvalue weighted by molar-refractivity contribution is 0.625. The van der Waals surface area contributed by atoms with E-state index in [9.17, 15) is 4.39 Å². The van der Waals surface area contributed by atoms with E-state index in [4.69, 9.17) is 0 Å². The van der Waals surface area contributed by atoms with Gasteiger partial charge in [-0.15, -0.1) is 10.2 Å². The Morgan fingerprint density at radius 2 is 2.18 bits per heavy atom. The molecule has 0 aliphatic rings. The fourth-order valence-corrected chi connectivity index (χ4v) is 2.14. The molecule has 0 unspecified atom stereocenters. The molecule has 2 rings (SSSR count). The highest BCUT2D eigenvalue weighted by Gasteiger charge is 2.04. The third-order valence-corrected chi connectivity index (χ3v) is 3.54. The first-order valence-corrected chi connectivity index (χ1v) is 6.32. The Hall–Kier alpha value is -1.49. The lowest BCUT2D eigenvalue weighted by atomic mass is 10.1. The predicted octanol–water partition coefficient (Wildman–Crippen LogP) is 3.16. The maximum Gasteiger partial charge on any atom is 0.205 e. The van der Waals surface area contributed by atoms with Crippen molar-refractivity contribution in [2.45, 2.75) is 26.8 Å². The van der Waals surface area contributed by atoms with Gasteiger partial charge in [-0.2, -0.15) is 0 Å². The third-order valence-electron chi connectivity index (χ3n) is 2.51. The fourth-order valence-electron chi connectivity index (χ4n) is 1.47. The van der Waals surface area contributed by atoms with Crippen molar-refractivity contribution >= 4 is 16.5 Å². The first-order valence-electron chi connectivity index (χ1n) is 5.50. The Labute approximate surface area is 104 Å². The minimum atomic E-state index is -0.209. The van der Waals surface area contributed by atoms with Crippen molar-refractivity contribution in [2.24, 2.45) is 0 Å². The summed E-state index contributed by atoms with van der Waals surface area (Å²) in [7, 11) is 0. The number of hydrogen-bond donors (Lipinski definition) is 1. The minimum absolute atomic E-state index is 0.209. The largest absolute Gasteiger partial charge is 0.356 e. The number of hydrogen-bond acceptors (Lipinski definition) is 4. The standard InChI is InChI=1S/C12H14FN3S/c1-3-11-15-16-12(17-11)14-7-9-6-10(13)5-4-8(9)2/h4-6H,3,7H2,1-2H3,(H,14,16). The lowest BCUT2D eigenvalue weighted by Crippen LogP contribution is -2.01. The first kappa shape index (κ1) is 12.0. The average Bonchev–Trinajstić information content (AvgIpc) is 2.78. The molecule has 0 saturated carbocycles. The molecule has 0 fully saturated rings. The van der Waals surface area contributed by atoms with Crippen LogP contribution in [0.3, 0.4) is 0 Å². The van der Waals surface area contributed by atoms with Crippen molar-refractivity contribution in [1.82, 2.24) is 10.2 Å². The summed E-state index contributed by atoms with van der Waals surface area (Å²) < 4.78 is 13.1. The zero-order valence-electron chi connectivity index (χ0n) is 9.83. The number of anilines is 1. The van der Waals surface area contributed by atoms with Crippen LogP contribution < -0.4 is 5.32 Å². The van der Waals surface area contributed by atoms with Crippen molar-refractivity contribution in [1.29, 1.82) is 0 Å². The van der Waals surface area contributed by atoms with E-state index >= 15 is 0 Å². The van der Waals surface area contributed by atoms with Gasteiger partial charge >= 0.3 is 0 Å². The van der Waals surface area contributed by atoms with Crippen LogP contribution in [0.25, 0.3) is 0 Å². The molecule has 0 aliphatic heterocycles. The normalized spacial score (nSPS) is 10.5. The topological polar surface area (TPSA) is 37.8 Å². The first-order chi connectivity index (χ1) is 8.19. The van der Waals surface area contributed by atoms with E-state index in [2.05, 4.69) is 15.5 Å². The van der Waals surface area contributed by atoms with Gasteiger partial charge in [0, 0.05) is 6.54 Å². The molecule has 2 aromatic rings. The van der Waals surface area contributed by atoms with Crippen LogP contribution in [0.15, 0.2) is 18.2 Å². The van der Waals surface area contributed by atoms with Gasteiger partial charge in [-0.3, -0.25) is 0 Å². The molecule has 90 valence electrons. The molecule has 5 heteroatoms.